The molecule has 0 radical (unpaired) electrons. The fraction of sp³-hybridized carbons (Fsp3) is 0.600. The van der Waals surface area contributed by atoms with E-state index in [1.807, 2.05) is 17.8 Å². The number of aliphatic hydroxyl groups is 1. The summed E-state index contributed by atoms with van der Waals surface area (Å²) < 4.78 is 5.85. The number of hydrogen-bond donors (Lipinski definition) is 1. The number of aryl methyl sites for hydroxylation is 1. The first-order valence-corrected chi connectivity index (χ1v) is 7.86. The van der Waals surface area contributed by atoms with Crippen molar-refractivity contribution < 1.29 is 9.84 Å². The molecule has 2 aliphatic heterocycles. The molecule has 2 atom stereocenters. The molecule has 18 heavy (non-hydrogen) atoms. The SMILES string of the molecule is CC1SCCCC1(O)c1cccc2c1OCCC2. The van der Waals surface area contributed by atoms with Gasteiger partial charge in [-0.25, -0.2) is 0 Å². The molecule has 2 heterocycles. The topological polar surface area (TPSA) is 29.5 Å². The molecule has 1 aromatic carbocycles. The van der Waals surface area contributed by atoms with E-state index in [9.17, 15) is 5.11 Å². The van der Waals surface area contributed by atoms with Crippen molar-refractivity contribution in [2.45, 2.75) is 43.5 Å². The summed E-state index contributed by atoms with van der Waals surface area (Å²) >= 11 is 1.86. The van der Waals surface area contributed by atoms with Crippen LogP contribution in [0.25, 0.3) is 0 Å². The Morgan fingerprint density at radius 2 is 2.28 bits per heavy atom. The quantitative estimate of drug-likeness (QED) is 0.845. The summed E-state index contributed by atoms with van der Waals surface area (Å²) in [5, 5.41) is 11.3. The van der Waals surface area contributed by atoms with Gasteiger partial charge in [-0.2, -0.15) is 11.8 Å². The second kappa shape index (κ2) is 4.78. The van der Waals surface area contributed by atoms with E-state index in [0.717, 1.165) is 49.4 Å². The predicted molar refractivity (Wildman–Crippen MR) is 75.3 cm³/mol. The van der Waals surface area contributed by atoms with E-state index in [2.05, 4.69) is 19.1 Å². The minimum atomic E-state index is -0.717. The van der Waals surface area contributed by atoms with E-state index in [-0.39, 0.29) is 5.25 Å². The van der Waals surface area contributed by atoms with Crippen molar-refractivity contribution >= 4 is 11.8 Å². The van der Waals surface area contributed by atoms with Crippen LogP contribution in [-0.4, -0.2) is 22.7 Å². The number of para-hydroxylation sites is 1. The van der Waals surface area contributed by atoms with E-state index in [4.69, 9.17) is 4.74 Å². The molecule has 1 fully saturated rings. The molecular weight excluding hydrogens is 244 g/mol. The molecule has 0 spiro atoms. The van der Waals surface area contributed by atoms with Gasteiger partial charge in [-0.3, -0.25) is 0 Å². The lowest BCUT2D eigenvalue weighted by molar-refractivity contribution is 0.0220. The van der Waals surface area contributed by atoms with Gasteiger partial charge in [0.25, 0.3) is 0 Å². The largest absolute Gasteiger partial charge is 0.493 e. The van der Waals surface area contributed by atoms with E-state index >= 15 is 0 Å². The molecule has 0 aromatic heterocycles. The van der Waals surface area contributed by atoms with E-state index < -0.39 is 5.60 Å². The zero-order chi connectivity index (χ0) is 12.6. The van der Waals surface area contributed by atoms with Crippen LogP contribution in [0, 0.1) is 0 Å². The van der Waals surface area contributed by atoms with E-state index in [0.29, 0.717) is 0 Å². The highest BCUT2D eigenvalue weighted by Gasteiger charge is 2.41. The zero-order valence-corrected chi connectivity index (χ0v) is 11.6. The van der Waals surface area contributed by atoms with E-state index in [1.54, 1.807) is 0 Å². The third-order valence-corrected chi connectivity index (χ3v) is 5.56. The average Bonchev–Trinajstić information content (AvgIpc) is 2.41. The Hall–Kier alpha value is -0.670. The highest BCUT2D eigenvalue weighted by molar-refractivity contribution is 8.00. The normalized spacial score (nSPS) is 31.6. The van der Waals surface area contributed by atoms with Gasteiger partial charge < -0.3 is 9.84 Å². The first-order valence-electron chi connectivity index (χ1n) is 6.81. The van der Waals surface area contributed by atoms with Gasteiger partial charge in [-0.05, 0) is 37.0 Å². The Balaban J connectivity index is 2.05. The van der Waals surface area contributed by atoms with Crippen molar-refractivity contribution in [3.8, 4) is 5.75 Å². The highest BCUT2D eigenvalue weighted by atomic mass is 32.2. The van der Waals surface area contributed by atoms with Gasteiger partial charge in [0.15, 0.2) is 0 Å². The van der Waals surface area contributed by atoms with E-state index in [1.165, 1.54) is 5.56 Å². The first kappa shape index (κ1) is 12.4. The van der Waals surface area contributed by atoms with Gasteiger partial charge in [0, 0.05) is 10.8 Å². The van der Waals surface area contributed by atoms with Crippen LogP contribution in [0.2, 0.25) is 0 Å². The Labute approximate surface area is 113 Å². The molecule has 0 aliphatic carbocycles. The Morgan fingerprint density at radius 3 is 3.11 bits per heavy atom. The summed E-state index contributed by atoms with van der Waals surface area (Å²) in [5.41, 5.74) is 1.56. The number of ether oxygens (including phenoxy) is 1. The first-order chi connectivity index (χ1) is 8.72. The summed E-state index contributed by atoms with van der Waals surface area (Å²) in [6.45, 7) is 2.91. The lowest BCUT2D eigenvalue weighted by Gasteiger charge is -2.39. The number of benzene rings is 1. The van der Waals surface area contributed by atoms with Gasteiger partial charge in [-0.1, -0.05) is 25.1 Å². The summed E-state index contributed by atoms with van der Waals surface area (Å²) in [4.78, 5) is 0. The molecule has 1 N–H and O–H groups in total. The van der Waals surface area contributed by atoms with Gasteiger partial charge in [-0.15, -0.1) is 0 Å². The molecule has 0 bridgehead atoms. The molecule has 2 aliphatic rings. The van der Waals surface area contributed by atoms with Crippen LogP contribution in [0.15, 0.2) is 18.2 Å². The fourth-order valence-corrected chi connectivity index (χ4v) is 4.21. The second-order valence-electron chi connectivity index (χ2n) is 5.29. The maximum absolute atomic E-state index is 11.1. The third kappa shape index (κ3) is 1.94. The number of thioether (sulfide) groups is 1. The van der Waals surface area contributed by atoms with Crippen LogP contribution in [0.1, 0.15) is 37.3 Å². The van der Waals surface area contributed by atoms with Gasteiger partial charge in [0.05, 0.1) is 6.61 Å². The van der Waals surface area contributed by atoms with Crippen LogP contribution in [0.3, 0.4) is 0 Å². The lowest BCUT2D eigenvalue weighted by atomic mass is 9.83. The van der Waals surface area contributed by atoms with Crippen molar-refractivity contribution in [1.82, 2.24) is 0 Å². The lowest BCUT2D eigenvalue weighted by Crippen LogP contribution is -2.39. The molecule has 2 unspecified atom stereocenters. The maximum atomic E-state index is 11.1. The van der Waals surface area contributed by atoms with Crippen molar-refractivity contribution in [3.63, 3.8) is 0 Å². The maximum Gasteiger partial charge on any atom is 0.128 e. The van der Waals surface area contributed by atoms with Crippen molar-refractivity contribution in [2.24, 2.45) is 0 Å². The second-order valence-corrected chi connectivity index (χ2v) is 6.74. The highest BCUT2D eigenvalue weighted by Crippen LogP contribution is 2.46. The van der Waals surface area contributed by atoms with Crippen LogP contribution < -0.4 is 4.74 Å². The summed E-state index contributed by atoms with van der Waals surface area (Å²) in [7, 11) is 0. The summed E-state index contributed by atoms with van der Waals surface area (Å²) in [6.07, 6.45) is 4.08. The Kier molecular flexibility index (Phi) is 3.29. The number of hydrogen-bond acceptors (Lipinski definition) is 3. The standard InChI is InChI=1S/C15H20O2S/c1-11-15(16,8-4-10-18-11)13-7-2-5-12-6-3-9-17-14(12)13/h2,5,7,11,16H,3-4,6,8-10H2,1H3. The molecule has 3 rings (SSSR count). The smallest absolute Gasteiger partial charge is 0.128 e. The molecular formula is C15H20O2S. The van der Waals surface area contributed by atoms with Crippen molar-refractivity contribution in [3.05, 3.63) is 29.3 Å². The van der Waals surface area contributed by atoms with Crippen LogP contribution in [0.4, 0.5) is 0 Å². The summed E-state index contributed by atoms with van der Waals surface area (Å²) in [5.74, 6) is 2.11. The third-order valence-electron chi connectivity index (χ3n) is 4.14. The monoisotopic (exact) mass is 264 g/mol. The minimum Gasteiger partial charge on any atom is -0.493 e. The van der Waals surface area contributed by atoms with Crippen LogP contribution in [-0.2, 0) is 12.0 Å². The van der Waals surface area contributed by atoms with Gasteiger partial charge >= 0.3 is 0 Å². The van der Waals surface area contributed by atoms with Crippen molar-refractivity contribution in [1.29, 1.82) is 0 Å². The number of fused-ring (bicyclic) bond motifs is 1. The molecule has 1 saturated heterocycles. The summed E-state index contributed by atoms with van der Waals surface area (Å²) in [6, 6.07) is 6.24. The minimum absolute atomic E-state index is 0.239. The molecule has 3 heteroatoms. The number of rotatable bonds is 1. The van der Waals surface area contributed by atoms with Gasteiger partial charge in [0.2, 0.25) is 0 Å². The average molecular weight is 264 g/mol. The molecule has 1 aromatic rings. The molecule has 2 nitrogen and oxygen atoms in total. The molecule has 0 amide bonds. The predicted octanol–water partition coefficient (Wildman–Crippen LogP) is 3.11. The van der Waals surface area contributed by atoms with Crippen molar-refractivity contribution in [2.75, 3.05) is 12.4 Å². The molecule has 98 valence electrons. The molecule has 0 saturated carbocycles. The Morgan fingerprint density at radius 1 is 1.39 bits per heavy atom. The van der Waals surface area contributed by atoms with Gasteiger partial charge in [0.1, 0.15) is 11.4 Å². The van der Waals surface area contributed by atoms with Crippen LogP contribution in [0.5, 0.6) is 5.75 Å². The fourth-order valence-electron chi connectivity index (χ4n) is 3.03. The zero-order valence-electron chi connectivity index (χ0n) is 10.8. The van der Waals surface area contributed by atoms with Crippen LogP contribution >= 0.6 is 11.8 Å². The Bertz CT molecular complexity index is 446.